The first-order valence-electron chi connectivity index (χ1n) is 8.57. The summed E-state index contributed by atoms with van der Waals surface area (Å²) in [4.78, 5) is 9.96. The summed E-state index contributed by atoms with van der Waals surface area (Å²) in [6.45, 7) is 1.33. The zero-order valence-electron chi connectivity index (χ0n) is 16.2. The fraction of sp³-hybridized carbons (Fsp3) is 0.933. The second-order valence-electron chi connectivity index (χ2n) is 6.91. The Morgan fingerprint density at radius 2 is 0.941 bits per heavy atom. The molecule has 0 saturated heterocycles. The predicted molar refractivity (Wildman–Crippen MR) is 76.2 cm³/mol. The highest BCUT2D eigenvalue weighted by Gasteiger charge is 2.95. The molecule has 0 saturated carbocycles. The number of rotatable bonds is 13. The number of carbonyl (C=O) groups is 1. The van der Waals surface area contributed by atoms with E-state index in [0.29, 0.717) is 0 Å². The maximum Gasteiger partial charge on any atom is 0.410 e. The van der Waals surface area contributed by atoms with Crippen molar-refractivity contribution in [3.63, 3.8) is 0 Å². The molecule has 0 amide bonds. The van der Waals surface area contributed by atoms with E-state index >= 15 is 0 Å². The molecule has 19 heteroatoms. The van der Waals surface area contributed by atoms with Gasteiger partial charge >= 0.3 is 53.3 Å². The second kappa shape index (κ2) is 9.05. The first kappa shape index (κ1) is 32.3. The summed E-state index contributed by atoms with van der Waals surface area (Å²) in [6, 6.07) is 0. The van der Waals surface area contributed by atoms with Gasteiger partial charge in [0.05, 0.1) is 0 Å². The molecule has 1 N–H and O–H groups in total. The van der Waals surface area contributed by atoms with E-state index in [1.165, 1.54) is 6.92 Å². The fourth-order valence-electron chi connectivity index (χ4n) is 2.28. The van der Waals surface area contributed by atoms with Crippen molar-refractivity contribution in [3.05, 3.63) is 0 Å². The van der Waals surface area contributed by atoms with Crippen molar-refractivity contribution in [1.82, 2.24) is 0 Å². The van der Waals surface area contributed by atoms with Crippen molar-refractivity contribution < 1.29 is 84.5 Å². The van der Waals surface area contributed by atoms with Crippen LogP contribution >= 0.6 is 0 Å². The smallest absolute Gasteiger partial charge is 0.410 e. The topological polar surface area (TPSA) is 37.3 Å². The number of aliphatic carboxylic acids is 1. The van der Waals surface area contributed by atoms with Gasteiger partial charge in [-0.2, -0.15) is 70.2 Å². The van der Waals surface area contributed by atoms with Crippen LogP contribution in [0.25, 0.3) is 0 Å². The molecule has 1 atom stereocenters. The molecule has 0 aromatic carbocycles. The summed E-state index contributed by atoms with van der Waals surface area (Å²) in [6.07, 6.45) is -7.13. The molecule has 0 aliphatic heterocycles. The molecule has 0 fully saturated rings. The third-order valence-corrected chi connectivity index (χ3v) is 4.51. The molecule has 204 valence electrons. The van der Waals surface area contributed by atoms with Crippen molar-refractivity contribution in [2.24, 2.45) is 0 Å². The highest BCUT2D eigenvalue weighted by atomic mass is 19.4. The molecule has 1 unspecified atom stereocenters. The van der Waals surface area contributed by atoms with E-state index < -0.39 is 72.4 Å². The van der Waals surface area contributed by atoms with Gasteiger partial charge in [0.1, 0.15) is 0 Å². The molecule has 34 heavy (non-hydrogen) atoms. The SMILES string of the molecule is CCCCCC(F)C(F)(F)C(F)(F)C(F)(F)C(F)(F)C(F)(F)C(F)(F)C(F)(F)C(F)(F)C(=O)O. The van der Waals surface area contributed by atoms with Gasteiger partial charge < -0.3 is 5.11 Å². The molecule has 0 aliphatic rings. The Kier molecular flexibility index (Phi) is 8.60. The molecule has 0 aliphatic carbocycles. The standard InChI is InChI=1S/C15H13F17O2/c1-2-3-4-5-6(16)8(17,18)10(21,22)12(25,26)14(29,30)15(31,32)13(27,28)11(23,24)9(19,20)7(33)34/h6H,2-5H2,1H3,(H,33,34). The van der Waals surface area contributed by atoms with Crippen LogP contribution in [0.5, 0.6) is 0 Å². The highest BCUT2D eigenvalue weighted by molar-refractivity contribution is 5.77. The fourth-order valence-corrected chi connectivity index (χ4v) is 2.28. The Morgan fingerprint density at radius 3 is 1.26 bits per heavy atom. The van der Waals surface area contributed by atoms with Crippen LogP contribution in [0.1, 0.15) is 32.6 Å². The number of carboxylic acids is 1. The van der Waals surface area contributed by atoms with Gasteiger partial charge in [0.2, 0.25) is 0 Å². The maximum absolute atomic E-state index is 13.6. The van der Waals surface area contributed by atoms with Crippen molar-refractivity contribution in [3.8, 4) is 0 Å². The van der Waals surface area contributed by atoms with Gasteiger partial charge in [0.25, 0.3) is 0 Å². The molecule has 0 spiro atoms. The van der Waals surface area contributed by atoms with Crippen LogP contribution in [0.4, 0.5) is 74.6 Å². The maximum atomic E-state index is 13.6. The van der Waals surface area contributed by atoms with Gasteiger partial charge in [-0.3, -0.25) is 0 Å². The minimum absolute atomic E-state index is 0.0827. The Morgan fingerprint density at radius 1 is 0.618 bits per heavy atom. The first-order chi connectivity index (χ1) is 14.7. The van der Waals surface area contributed by atoms with Crippen LogP contribution in [0.3, 0.4) is 0 Å². The Hall–Kier alpha value is -1.72. The average molecular weight is 548 g/mol. The van der Waals surface area contributed by atoms with Crippen LogP contribution in [0, 0.1) is 0 Å². The molecule has 0 rings (SSSR count). The summed E-state index contributed by atoms with van der Waals surface area (Å²) in [5.41, 5.74) is 0. The van der Waals surface area contributed by atoms with Crippen LogP contribution in [-0.2, 0) is 4.79 Å². The van der Waals surface area contributed by atoms with Crippen molar-refractivity contribution >= 4 is 5.97 Å². The minimum atomic E-state index is -8.74. The number of alkyl halides is 17. The van der Waals surface area contributed by atoms with Crippen LogP contribution in [0.15, 0.2) is 0 Å². The Balaban J connectivity index is 6.68. The lowest BCUT2D eigenvalue weighted by atomic mass is 9.86. The summed E-state index contributed by atoms with van der Waals surface area (Å²) in [5.74, 6) is -69.4. The normalized spacial score (nSPS) is 16.5. The third-order valence-electron chi connectivity index (χ3n) is 4.51. The molecule has 0 bridgehead atoms. The summed E-state index contributed by atoms with van der Waals surface area (Å²) in [7, 11) is 0. The number of unbranched alkanes of at least 4 members (excludes halogenated alkanes) is 2. The molecule has 2 nitrogen and oxygen atoms in total. The van der Waals surface area contributed by atoms with E-state index in [9.17, 15) is 79.4 Å². The summed E-state index contributed by atoms with van der Waals surface area (Å²) in [5, 5.41) is 7.75. The lowest BCUT2D eigenvalue weighted by molar-refractivity contribution is -0.453. The van der Waals surface area contributed by atoms with Gasteiger partial charge in [-0.05, 0) is 6.42 Å². The minimum Gasteiger partial charge on any atom is -0.477 e. The highest BCUT2D eigenvalue weighted by Crippen LogP contribution is 2.64. The quantitative estimate of drug-likeness (QED) is 0.198. The molecular formula is C15H13F17O2. The van der Waals surface area contributed by atoms with E-state index in [0.717, 1.165) is 0 Å². The largest absolute Gasteiger partial charge is 0.477 e. The predicted octanol–water partition coefficient (Wildman–Crippen LogP) is 7.07. The van der Waals surface area contributed by atoms with E-state index in [-0.39, 0.29) is 12.8 Å². The monoisotopic (exact) mass is 548 g/mol. The van der Waals surface area contributed by atoms with Crippen LogP contribution < -0.4 is 0 Å². The van der Waals surface area contributed by atoms with Crippen molar-refractivity contribution in [2.45, 2.75) is 86.2 Å². The average Bonchev–Trinajstić information content (AvgIpc) is 2.66. The van der Waals surface area contributed by atoms with Gasteiger partial charge in [-0.25, -0.2) is 9.18 Å². The molecule has 0 aromatic rings. The number of hydrogen-bond donors (Lipinski definition) is 1. The van der Waals surface area contributed by atoms with Gasteiger partial charge in [-0.1, -0.05) is 26.2 Å². The molecule has 0 radical (unpaired) electrons. The van der Waals surface area contributed by atoms with E-state index in [1.54, 1.807) is 0 Å². The number of carboxylic acid groups (broad SMARTS) is 1. The summed E-state index contributed by atoms with van der Waals surface area (Å²) < 4.78 is 228. The molecule has 0 heterocycles. The van der Waals surface area contributed by atoms with Gasteiger partial charge in [0, 0.05) is 0 Å². The first-order valence-corrected chi connectivity index (χ1v) is 8.57. The molecule has 0 aromatic heterocycles. The van der Waals surface area contributed by atoms with Gasteiger partial charge in [0.15, 0.2) is 6.17 Å². The van der Waals surface area contributed by atoms with Crippen LogP contribution in [-0.4, -0.2) is 64.6 Å². The Bertz CT molecular complexity index is 730. The van der Waals surface area contributed by atoms with Crippen molar-refractivity contribution in [1.29, 1.82) is 0 Å². The molecular weight excluding hydrogens is 535 g/mol. The third kappa shape index (κ3) is 4.24. The zero-order valence-corrected chi connectivity index (χ0v) is 16.2. The van der Waals surface area contributed by atoms with E-state index in [2.05, 4.69) is 0 Å². The lowest BCUT2D eigenvalue weighted by Crippen LogP contribution is -2.75. The van der Waals surface area contributed by atoms with Crippen molar-refractivity contribution in [2.75, 3.05) is 0 Å². The number of halogens is 17. The van der Waals surface area contributed by atoms with Gasteiger partial charge in [-0.15, -0.1) is 0 Å². The zero-order chi connectivity index (χ0) is 28.0. The van der Waals surface area contributed by atoms with E-state index in [4.69, 9.17) is 5.11 Å². The second-order valence-corrected chi connectivity index (χ2v) is 6.91. The number of hydrogen-bond acceptors (Lipinski definition) is 1. The summed E-state index contributed by atoms with van der Waals surface area (Å²) >= 11 is 0. The lowest BCUT2D eigenvalue weighted by Gasteiger charge is -2.43. The van der Waals surface area contributed by atoms with Crippen LogP contribution in [0.2, 0.25) is 0 Å². The Labute approximate surface area is 178 Å². The van der Waals surface area contributed by atoms with E-state index in [1.807, 2.05) is 0 Å².